The minimum Gasteiger partial charge on any atom is -0.350 e. The molecule has 2 amide bonds. The van der Waals surface area contributed by atoms with E-state index >= 15 is 0 Å². The van der Waals surface area contributed by atoms with Gasteiger partial charge in [0.25, 0.3) is 11.8 Å². The SMILES string of the molecule is CC1CCN(C(=O)c2cn(C(C)C)cc(C(=O)NCc3cccc(F)c3)c2=O)CC1. The van der Waals surface area contributed by atoms with Crippen molar-refractivity contribution >= 4 is 11.8 Å². The van der Waals surface area contributed by atoms with Crippen LogP contribution in [0.3, 0.4) is 0 Å². The molecular formula is C23H28FN3O3. The quantitative estimate of drug-likeness (QED) is 0.817. The molecule has 2 heterocycles. The number of pyridine rings is 1. The fraction of sp³-hybridized carbons (Fsp3) is 0.435. The Morgan fingerprint density at radius 2 is 1.83 bits per heavy atom. The Morgan fingerprint density at radius 3 is 2.47 bits per heavy atom. The molecule has 1 aliphatic rings. The fourth-order valence-electron chi connectivity index (χ4n) is 3.52. The number of amides is 2. The van der Waals surface area contributed by atoms with Gasteiger partial charge >= 0.3 is 0 Å². The molecule has 2 aromatic rings. The number of piperidine rings is 1. The van der Waals surface area contributed by atoms with Crippen LogP contribution in [0.4, 0.5) is 4.39 Å². The first-order valence-corrected chi connectivity index (χ1v) is 10.3. The molecule has 6 nitrogen and oxygen atoms in total. The van der Waals surface area contributed by atoms with Crippen LogP contribution in [0.5, 0.6) is 0 Å². The van der Waals surface area contributed by atoms with Crippen molar-refractivity contribution in [3.63, 3.8) is 0 Å². The lowest BCUT2D eigenvalue weighted by atomic mass is 9.98. The topological polar surface area (TPSA) is 71.4 Å². The molecule has 1 aromatic heterocycles. The molecule has 160 valence electrons. The second kappa shape index (κ2) is 9.24. The van der Waals surface area contributed by atoms with E-state index in [0.717, 1.165) is 12.8 Å². The summed E-state index contributed by atoms with van der Waals surface area (Å²) in [6.45, 7) is 7.27. The molecule has 0 bridgehead atoms. The number of carbonyl (C=O) groups excluding carboxylic acids is 2. The van der Waals surface area contributed by atoms with Gasteiger partial charge in [-0.2, -0.15) is 0 Å². The Balaban J connectivity index is 1.87. The van der Waals surface area contributed by atoms with E-state index in [0.29, 0.717) is 24.6 Å². The molecule has 0 radical (unpaired) electrons. The number of carbonyl (C=O) groups is 2. The average Bonchev–Trinajstić information content (AvgIpc) is 2.72. The van der Waals surface area contributed by atoms with Gasteiger partial charge in [-0.3, -0.25) is 14.4 Å². The van der Waals surface area contributed by atoms with E-state index in [1.807, 2.05) is 13.8 Å². The van der Waals surface area contributed by atoms with Crippen LogP contribution in [0.2, 0.25) is 0 Å². The van der Waals surface area contributed by atoms with Crippen LogP contribution in [0.25, 0.3) is 0 Å². The predicted molar refractivity (Wildman–Crippen MR) is 113 cm³/mol. The molecule has 1 saturated heterocycles. The first-order chi connectivity index (χ1) is 14.3. The van der Waals surface area contributed by atoms with E-state index < -0.39 is 17.2 Å². The number of benzene rings is 1. The first kappa shape index (κ1) is 21.7. The summed E-state index contributed by atoms with van der Waals surface area (Å²) < 4.78 is 15.1. The summed E-state index contributed by atoms with van der Waals surface area (Å²) in [5.41, 5.74) is -0.0672. The molecule has 0 atom stereocenters. The number of hydrogen-bond acceptors (Lipinski definition) is 3. The van der Waals surface area contributed by atoms with Crippen LogP contribution < -0.4 is 10.7 Å². The lowest BCUT2D eigenvalue weighted by Gasteiger charge is -2.30. The van der Waals surface area contributed by atoms with Crippen LogP contribution in [0, 0.1) is 11.7 Å². The van der Waals surface area contributed by atoms with Crippen molar-refractivity contribution in [2.45, 2.75) is 46.2 Å². The van der Waals surface area contributed by atoms with Crippen LogP contribution in [0.1, 0.15) is 65.9 Å². The van der Waals surface area contributed by atoms with Gasteiger partial charge in [-0.25, -0.2) is 4.39 Å². The monoisotopic (exact) mass is 413 g/mol. The summed E-state index contributed by atoms with van der Waals surface area (Å²) in [5, 5.41) is 2.66. The molecule has 3 rings (SSSR count). The zero-order valence-electron chi connectivity index (χ0n) is 17.7. The molecule has 1 aliphatic heterocycles. The molecule has 30 heavy (non-hydrogen) atoms. The molecule has 0 saturated carbocycles. The van der Waals surface area contributed by atoms with Crippen molar-refractivity contribution in [2.24, 2.45) is 5.92 Å². The molecule has 0 spiro atoms. The minimum atomic E-state index is -0.583. The Morgan fingerprint density at radius 1 is 1.17 bits per heavy atom. The van der Waals surface area contributed by atoms with Crippen molar-refractivity contribution in [3.05, 3.63) is 69.4 Å². The maximum atomic E-state index is 13.4. The van der Waals surface area contributed by atoms with Gasteiger partial charge in [0.2, 0.25) is 5.43 Å². The van der Waals surface area contributed by atoms with Crippen LogP contribution in [0.15, 0.2) is 41.5 Å². The summed E-state index contributed by atoms with van der Waals surface area (Å²) in [7, 11) is 0. The van der Waals surface area contributed by atoms with E-state index in [1.165, 1.54) is 24.5 Å². The van der Waals surface area contributed by atoms with Gasteiger partial charge in [-0.15, -0.1) is 0 Å². The normalized spacial score (nSPS) is 14.8. The number of aromatic nitrogens is 1. The molecule has 0 unspecified atom stereocenters. The third-order valence-electron chi connectivity index (χ3n) is 5.53. The third kappa shape index (κ3) is 4.96. The van der Waals surface area contributed by atoms with Crippen molar-refractivity contribution < 1.29 is 14.0 Å². The lowest BCUT2D eigenvalue weighted by Crippen LogP contribution is -2.41. The van der Waals surface area contributed by atoms with Crippen molar-refractivity contribution in [2.75, 3.05) is 13.1 Å². The third-order valence-corrected chi connectivity index (χ3v) is 5.53. The van der Waals surface area contributed by atoms with Crippen molar-refractivity contribution in [1.82, 2.24) is 14.8 Å². The summed E-state index contributed by atoms with van der Waals surface area (Å²) in [5.74, 6) is -0.754. The highest BCUT2D eigenvalue weighted by molar-refractivity contribution is 5.99. The van der Waals surface area contributed by atoms with E-state index in [1.54, 1.807) is 21.6 Å². The fourth-order valence-corrected chi connectivity index (χ4v) is 3.52. The lowest BCUT2D eigenvalue weighted by molar-refractivity contribution is 0.0695. The highest BCUT2D eigenvalue weighted by atomic mass is 19.1. The smallest absolute Gasteiger partial charge is 0.259 e. The number of nitrogens with one attached hydrogen (secondary N) is 1. The number of likely N-dealkylation sites (tertiary alicyclic amines) is 1. The standard InChI is InChI=1S/C23H28FN3O3/c1-15(2)27-13-19(22(29)25-12-17-5-4-6-18(24)11-17)21(28)20(14-27)23(30)26-9-7-16(3)8-10-26/h4-6,11,13-16H,7-10,12H2,1-3H3,(H,25,29). The van der Waals surface area contributed by atoms with E-state index in [9.17, 15) is 18.8 Å². The highest BCUT2D eigenvalue weighted by Crippen LogP contribution is 2.18. The number of hydrogen-bond donors (Lipinski definition) is 1. The van der Waals surface area contributed by atoms with Gasteiger partial charge in [0, 0.05) is 38.1 Å². The van der Waals surface area contributed by atoms with Gasteiger partial charge in [0.15, 0.2) is 0 Å². The van der Waals surface area contributed by atoms with Gasteiger partial charge < -0.3 is 14.8 Å². The molecular weight excluding hydrogens is 385 g/mol. The van der Waals surface area contributed by atoms with Crippen molar-refractivity contribution in [3.8, 4) is 0 Å². The van der Waals surface area contributed by atoms with Crippen LogP contribution in [-0.2, 0) is 6.54 Å². The second-order valence-corrected chi connectivity index (χ2v) is 8.24. The van der Waals surface area contributed by atoms with Gasteiger partial charge in [-0.05, 0) is 50.3 Å². The van der Waals surface area contributed by atoms with E-state index in [2.05, 4.69) is 12.2 Å². The zero-order chi connectivity index (χ0) is 21.8. The second-order valence-electron chi connectivity index (χ2n) is 8.24. The molecule has 0 aliphatic carbocycles. The summed E-state index contributed by atoms with van der Waals surface area (Å²) in [6.07, 6.45) is 4.82. The number of rotatable bonds is 5. The van der Waals surface area contributed by atoms with E-state index in [4.69, 9.17) is 0 Å². The Kier molecular flexibility index (Phi) is 6.70. The molecule has 1 fully saturated rings. The molecule has 1 aromatic carbocycles. The van der Waals surface area contributed by atoms with Crippen LogP contribution in [-0.4, -0.2) is 34.4 Å². The predicted octanol–water partition coefficient (Wildman–Crippen LogP) is 3.37. The first-order valence-electron chi connectivity index (χ1n) is 10.3. The van der Waals surface area contributed by atoms with Gasteiger partial charge in [0.1, 0.15) is 16.9 Å². The van der Waals surface area contributed by atoms with Crippen molar-refractivity contribution in [1.29, 1.82) is 0 Å². The largest absolute Gasteiger partial charge is 0.350 e. The summed E-state index contributed by atoms with van der Waals surface area (Å²) in [6, 6.07) is 5.86. The zero-order valence-corrected chi connectivity index (χ0v) is 17.7. The maximum absolute atomic E-state index is 13.4. The molecule has 1 N–H and O–H groups in total. The summed E-state index contributed by atoms with van der Waals surface area (Å²) >= 11 is 0. The van der Waals surface area contributed by atoms with Gasteiger partial charge in [0.05, 0.1) is 0 Å². The Bertz CT molecular complexity index is 991. The Hall–Kier alpha value is -2.96. The number of halogens is 1. The average molecular weight is 413 g/mol. The number of nitrogens with zero attached hydrogens (tertiary/aromatic N) is 2. The maximum Gasteiger partial charge on any atom is 0.259 e. The molecule has 7 heteroatoms. The Labute approximate surface area is 175 Å². The minimum absolute atomic E-state index is 0.0108. The summed E-state index contributed by atoms with van der Waals surface area (Å²) in [4.78, 5) is 40.5. The van der Waals surface area contributed by atoms with Crippen LogP contribution >= 0.6 is 0 Å². The highest BCUT2D eigenvalue weighted by Gasteiger charge is 2.26. The van der Waals surface area contributed by atoms with E-state index in [-0.39, 0.29) is 29.6 Å². The van der Waals surface area contributed by atoms with Gasteiger partial charge in [-0.1, -0.05) is 19.1 Å².